The number of ether oxygens (including phenoxy) is 1. The minimum absolute atomic E-state index is 0.0466. The smallest absolute Gasteiger partial charge is 0.329 e. The molecule has 3 heterocycles. The number of aromatic amines is 2. The fourth-order valence-corrected chi connectivity index (χ4v) is 4.50. The third-order valence-electron chi connectivity index (χ3n) is 5.33. The topological polar surface area (TPSA) is 96.9 Å². The first kappa shape index (κ1) is 21.8. The highest BCUT2D eigenvalue weighted by Gasteiger charge is 2.16. The summed E-state index contributed by atoms with van der Waals surface area (Å²) in [5.74, 6) is 0.634. The van der Waals surface area contributed by atoms with Crippen molar-refractivity contribution in [1.82, 2.24) is 14.5 Å². The molecule has 0 aliphatic heterocycles. The average Bonchev–Trinajstić information content (AvgIpc) is 3.20. The van der Waals surface area contributed by atoms with E-state index < -0.39 is 5.69 Å². The molecule has 2 N–H and O–H groups in total. The maximum Gasteiger partial charge on any atom is 0.329 e. The largest absolute Gasteiger partial charge is 0.488 e. The fourth-order valence-electron chi connectivity index (χ4n) is 3.54. The van der Waals surface area contributed by atoms with Gasteiger partial charge in [-0.15, -0.1) is 11.3 Å². The third-order valence-corrected chi connectivity index (χ3v) is 6.23. The predicted octanol–water partition coefficient (Wildman–Crippen LogP) is 4.07. The number of hydrogen-bond acceptors (Lipinski definition) is 5. The molecule has 166 valence electrons. The van der Waals surface area contributed by atoms with Crippen molar-refractivity contribution in [3.05, 3.63) is 84.2 Å². The number of rotatable bonds is 7. The maximum atomic E-state index is 13.3. The first-order chi connectivity index (χ1) is 15.4. The van der Waals surface area contributed by atoms with Gasteiger partial charge in [0, 0.05) is 28.9 Å². The van der Waals surface area contributed by atoms with E-state index in [0.717, 1.165) is 22.1 Å². The second-order valence-electron chi connectivity index (χ2n) is 7.99. The van der Waals surface area contributed by atoms with Crippen LogP contribution in [-0.4, -0.2) is 21.1 Å². The van der Waals surface area contributed by atoms with Crippen molar-refractivity contribution in [1.29, 1.82) is 0 Å². The van der Waals surface area contributed by atoms with E-state index in [1.807, 2.05) is 24.4 Å². The SMILES string of the molecule is CCCOc1c[nH]c(Cn2c(=O)[nH]c3scc(-c4ccc(C(C)C)cc4)c3c2=O)cc1=O. The number of fused-ring (bicyclic) bond motifs is 1. The van der Waals surface area contributed by atoms with Crippen LogP contribution in [0.1, 0.15) is 44.4 Å². The monoisotopic (exact) mass is 451 g/mol. The lowest BCUT2D eigenvalue weighted by Crippen LogP contribution is -2.35. The molecule has 0 radical (unpaired) electrons. The van der Waals surface area contributed by atoms with Crippen LogP contribution in [0.3, 0.4) is 0 Å². The van der Waals surface area contributed by atoms with E-state index in [2.05, 4.69) is 35.9 Å². The Hall–Kier alpha value is -3.39. The van der Waals surface area contributed by atoms with Crippen LogP contribution in [0.2, 0.25) is 0 Å². The summed E-state index contributed by atoms with van der Waals surface area (Å²) in [6.45, 7) is 6.61. The van der Waals surface area contributed by atoms with Crippen LogP contribution in [0.25, 0.3) is 21.3 Å². The molecular weight excluding hydrogens is 426 g/mol. The molecular formula is C24H25N3O4S. The molecule has 0 aliphatic rings. The molecule has 32 heavy (non-hydrogen) atoms. The lowest BCUT2D eigenvalue weighted by Gasteiger charge is -2.09. The zero-order chi connectivity index (χ0) is 22.8. The number of benzene rings is 1. The summed E-state index contributed by atoms with van der Waals surface area (Å²) in [5.41, 5.74) is 2.17. The van der Waals surface area contributed by atoms with Crippen LogP contribution < -0.4 is 21.4 Å². The number of H-pyrrole nitrogens is 2. The Morgan fingerprint density at radius 1 is 1.12 bits per heavy atom. The molecule has 0 aliphatic carbocycles. The van der Waals surface area contributed by atoms with Gasteiger partial charge in [0.2, 0.25) is 5.43 Å². The Morgan fingerprint density at radius 2 is 1.88 bits per heavy atom. The first-order valence-corrected chi connectivity index (χ1v) is 11.5. The zero-order valence-corrected chi connectivity index (χ0v) is 19.0. The Morgan fingerprint density at radius 3 is 2.53 bits per heavy atom. The Kier molecular flexibility index (Phi) is 6.14. The van der Waals surface area contributed by atoms with Crippen LogP contribution in [0.5, 0.6) is 5.75 Å². The van der Waals surface area contributed by atoms with Crippen molar-refractivity contribution < 1.29 is 4.74 Å². The van der Waals surface area contributed by atoms with Gasteiger partial charge >= 0.3 is 5.69 Å². The first-order valence-electron chi connectivity index (χ1n) is 10.6. The minimum atomic E-state index is -0.516. The third kappa shape index (κ3) is 4.18. The summed E-state index contributed by atoms with van der Waals surface area (Å²) in [7, 11) is 0. The van der Waals surface area contributed by atoms with Crippen LogP contribution in [0, 0.1) is 0 Å². The van der Waals surface area contributed by atoms with E-state index in [1.165, 1.54) is 29.2 Å². The molecule has 8 heteroatoms. The van der Waals surface area contributed by atoms with Gasteiger partial charge in [-0.3, -0.25) is 19.1 Å². The van der Waals surface area contributed by atoms with Crippen molar-refractivity contribution in [2.24, 2.45) is 0 Å². The van der Waals surface area contributed by atoms with Gasteiger partial charge in [0.1, 0.15) is 4.83 Å². The number of aromatic nitrogens is 3. The summed E-state index contributed by atoms with van der Waals surface area (Å²) < 4.78 is 6.50. The molecule has 0 saturated carbocycles. The highest BCUT2D eigenvalue weighted by molar-refractivity contribution is 7.17. The molecule has 0 unspecified atom stereocenters. The molecule has 0 spiro atoms. The lowest BCUT2D eigenvalue weighted by molar-refractivity contribution is 0.313. The molecule has 3 aromatic heterocycles. The highest BCUT2D eigenvalue weighted by atomic mass is 32.1. The van der Waals surface area contributed by atoms with Crippen LogP contribution in [0.15, 0.2) is 56.3 Å². The lowest BCUT2D eigenvalue weighted by atomic mass is 9.99. The molecule has 1 aromatic carbocycles. The molecule has 0 amide bonds. The Balaban J connectivity index is 1.74. The molecule has 0 fully saturated rings. The summed E-state index contributed by atoms with van der Waals surface area (Å²) >= 11 is 1.33. The number of nitrogens with zero attached hydrogens (tertiary/aromatic N) is 1. The van der Waals surface area contributed by atoms with Crippen molar-refractivity contribution in [3.63, 3.8) is 0 Å². The number of pyridine rings is 1. The number of hydrogen-bond donors (Lipinski definition) is 2. The van der Waals surface area contributed by atoms with Gasteiger partial charge in [-0.25, -0.2) is 4.79 Å². The molecule has 0 saturated heterocycles. The van der Waals surface area contributed by atoms with Gasteiger partial charge in [0.25, 0.3) is 5.56 Å². The van der Waals surface area contributed by atoms with E-state index in [-0.39, 0.29) is 23.3 Å². The van der Waals surface area contributed by atoms with Crippen molar-refractivity contribution in [2.75, 3.05) is 6.61 Å². The predicted molar refractivity (Wildman–Crippen MR) is 128 cm³/mol. The Bertz CT molecular complexity index is 1420. The van der Waals surface area contributed by atoms with Crippen LogP contribution >= 0.6 is 11.3 Å². The quantitative estimate of drug-likeness (QED) is 0.443. The van der Waals surface area contributed by atoms with Gasteiger partial charge in [0.05, 0.1) is 18.5 Å². The molecule has 0 atom stereocenters. The van der Waals surface area contributed by atoms with Crippen molar-refractivity contribution in [2.45, 2.75) is 39.7 Å². The maximum absolute atomic E-state index is 13.3. The van der Waals surface area contributed by atoms with Gasteiger partial charge in [0.15, 0.2) is 5.75 Å². The van der Waals surface area contributed by atoms with Crippen molar-refractivity contribution in [3.8, 4) is 16.9 Å². The molecule has 7 nitrogen and oxygen atoms in total. The van der Waals surface area contributed by atoms with Gasteiger partial charge < -0.3 is 9.72 Å². The van der Waals surface area contributed by atoms with E-state index in [0.29, 0.717) is 28.4 Å². The van der Waals surface area contributed by atoms with Crippen LogP contribution in [-0.2, 0) is 6.54 Å². The van der Waals surface area contributed by atoms with Gasteiger partial charge in [-0.2, -0.15) is 0 Å². The van der Waals surface area contributed by atoms with Crippen LogP contribution in [0.4, 0.5) is 0 Å². The van der Waals surface area contributed by atoms with E-state index in [1.54, 1.807) is 0 Å². The fraction of sp³-hybridized carbons (Fsp3) is 0.292. The molecule has 4 rings (SSSR count). The average molecular weight is 452 g/mol. The molecule has 0 bridgehead atoms. The van der Waals surface area contributed by atoms with E-state index >= 15 is 0 Å². The highest BCUT2D eigenvalue weighted by Crippen LogP contribution is 2.31. The summed E-state index contributed by atoms with van der Waals surface area (Å²) in [6, 6.07) is 9.47. The van der Waals surface area contributed by atoms with E-state index in [4.69, 9.17) is 4.74 Å². The van der Waals surface area contributed by atoms with Crippen molar-refractivity contribution >= 4 is 21.6 Å². The van der Waals surface area contributed by atoms with E-state index in [9.17, 15) is 14.4 Å². The second kappa shape index (κ2) is 9.00. The van der Waals surface area contributed by atoms with Gasteiger partial charge in [-0.1, -0.05) is 45.0 Å². The normalized spacial score (nSPS) is 11.4. The molecule has 4 aromatic rings. The number of nitrogens with one attached hydrogen (secondary N) is 2. The Labute approximate surface area is 188 Å². The zero-order valence-electron chi connectivity index (χ0n) is 18.2. The summed E-state index contributed by atoms with van der Waals surface area (Å²) in [6.07, 6.45) is 2.26. The minimum Gasteiger partial charge on any atom is -0.488 e. The van der Waals surface area contributed by atoms with Gasteiger partial charge in [-0.05, 0) is 23.5 Å². The number of thiophene rings is 1. The summed E-state index contributed by atoms with van der Waals surface area (Å²) in [5, 5.41) is 2.36. The summed E-state index contributed by atoms with van der Waals surface area (Å²) in [4.78, 5) is 44.5. The second-order valence-corrected chi connectivity index (χ2v) is 8.87. The standard InChI is InChI=1S/C24H25N3O4S/c1-4-9-31-20-11-25-17(10-19(20)28)12-27-23(29)21-18(13-32-22(21)26-24(27)30)16-7-5-15(6-8-16)14(2)3/h5-8,10-11,13-14H,4,9,12H2,1-3H3,(H,25,28)(H,26,30).